The van der Waals surface area contributed by atoms with E-state index in [0.717, 1.165) is 56.0 Å². The van der Waals surface area contributed by atoms with Crippen molar-refractivity contribution < 1.29 is 4.79 Å². The molecule has 5 heteroatoms. The van der Waals surface area contributed by atoms with E-state index in [-0.39, 0.29) is 5.91 Å². The van der Waals surface area contributed by atoms with Gasteiger partial charge in [-0.3, -0.25) is 14.4 Å². The molecule has 5 nitrogen and oxygen atoms in total. The van der Waals surface area contributed by atoms with Crippen LogP contribution in [0, 0.1) is 13.8 Å². The van der Waals surface area contributed by atoms with E-state index in [2.05, 4.69) is 39.6 Å². The van der Waals surface area contributed by atoms with Crippen molar-refractivity contribution in [2.24, 2.45) is 7.05 Å². The highest BCUT2D eigenvalue weighted by Gasteiger charge is 2.16. The average molecular weight is 340 g/mol. The number of aromatic nitrogens is 2. The second-order valence-electron chi connectivity index (χ2n) is 6.95. The molecule has 0 saturated carbocycles. The Kier molecular flexibility index (Phi) is 5.53. The van der Waals surface area contributed by atoms with Gasteiger partial charge in [-0.15, -0.1) is 0 Å². The van der Waals surface area contributed by atoms with Gasteiger partial charge in [-0.1, -0.05) is 24.3 Å². The van der Waals surface area contributed by atoms with Gasteiger partial charge in [-0.25, -0.2) is 0 Å². The largest absolute Gasteiger partial charge is 0.356 e. The van der Waals surface area contributed by atoms with Gasteiger partial charge >= 0.3 is 0 Å². The van der Waals surface area contributed by atoms with Crippen molar-refractivity contribution in [2.45, 2.75) is 39.7 Å². The SMILES string of the molecule is Cc1nn(C)c(C)c1CC(=O)NCCCN1CCc2ccccc2C1. The van der Waals surface area contributed by atoms with Gasteiger partial charge in [0.25, 0.3) is 0 Å². The third kappa shape index (κ3) is 4.28. The molecule has 1 N–H and O–H groups in total. The third-order valence-electron chi connectivity index (χ3n) is 5.18. The zero-order valence-corrected chi connectivity index (χ0v) is 15.5. The molecule has 0 saturated heterocycles. The van der Waals surface area contributed by atoms with E-state index >= 15 is 0 Å². The number of nitrogens with zero attached hydrogens (tertiary/aromatic N) is 3. The van der Waals surface area contributed by atoms with E-state index in [4.69, 9.17) is 0 Å². The van der Waals surface area contributed by atoms with Gasteiger partial charge in [0.05, 0.1) is 12.1 Å². The van der Waals surface area contributed by atoms with Crippen molar-refractivity contribution in [3.8, 4) is 0 Å². The fourth-order valence-corrected chi connectivity index (χ4v) is 3.57. The van der Waals surface area contributed by atoms with Crippen LogP contribution in [-0.2, 0) is 31.2 Å². The lowest BCUT2D eigenvalue weighted by molar-refractivity contribution is -0.120. The zero-order chi connectivity index (χ0) is 17.8. The van der Waals surface area contributed by atoms with E-state index in [9.17, 15) is 4.79 Å². The van der Waals surface area contributed by atoms with Crippen LogP contribution < -0.4 is 5.32 Å². The Hall–Kier alpha value is -2.14. The molecule has 0 unspecified atom stereocenters. The summed E-state index contributed by atoms with van der Waals surface area (Å²) in [5.41, 5.74) is 5.99. The van der Waals surface area contributed by atoms with Crippen molar-refractivity contribution in [1.82, 2.24) is 20.0 Å². The Morgan fingerprint density at radius 2 is 2.00 bits per heavy atom. The van der Waals surface area contributed by atoms with Gasteiger partial charge < -0.3 is 5.32 Å². The molecule has 2 aromatic rings. The maximum Gasteiger partial charge on any atom is 0.224 e. The molecule has 1 aromatic carbocycles. The van der Waals surface area contributed by atoms with Crippen molar-refractivity contribution in [2.75, 3.05) is 19.6 Å². The summed E-state index contributed by atoms with van der Waals surface area (Å²) in [6.45, 7) is 7.87. The van der Waals surface area contributed by atoms with E-state index in [1.807, 2.05) is 25.6 Å². The van der Waals surface area contributed by atoms with Crippen LogP contribution in [0.25, 0.3) is 0 Å². The van der Waals surface area contributed by atoms with Crippen LogP contribution in [0.4, 0.5) is 0 Å². The Balaban J connectivity index is 1.39. The Morgan fingerprint density at radius 1 is 1.24 bits per heavy atom. The number of hydrogen-bond acceptors (Lipinski definition) is 3. The molecule has 1 aliphatic heterocycles. The highest BCUT2D eigenvalue weighted by atomic mass is 16.1. The summed E-state index contributed by atoms with van der Waals surface area (Å²) in [5, 5.41) is 7.42. The molecule has 3 rings (SSSR count). The zero-order valence-electron chi connectivity index (χ0n) is 15.5. The molecular formula is C20H28N4O. The van der Waals surface area contributed by atoms with Crippen molar-refractivity contribution >= 4 is 5.91 Å². The number of amides is 1. The highest BCUT2D eigenvalue weighted by Crippen LogP contribution is 2.18. The summed E-state index contributed by atoms with van der Waals surface area (Å²) in [4.78, 5) is 14.7. The van der Waals surface area contributed by atoms with Crippen molar-refractivity contribution in [1.29, 1.82) is 0 Å². The Labute approximate surface area is 150 Å². The van der Waals surface area contributed by atoms with Gasteiger partial charge in [-0.2, -0.15) is 5.10 Å². The monoisotopic (exact) mass is 340 g/mol. The summed E-state index contributed by atoms with van der Waals surface area (Å²) in [5.74, 6) is 0.0863. The number of carbonyl (C=O) groups is 1. The lowest BCUT2D eigenvalue weighted by Gasteiger charge is -2.28. The molecule has 25 heavy (non-hydrogen) atoms. The number of aryl methyl sites for hydroxylation is 2. The maximum absolute atomic E-state index is 12.2. The smallest absolute Gasteiger partial charge is 0.224 e. The second-order valence-corrected chi connectivity index (χ2v) is 6.95. The van der Waals surface area contributed by atoms with Crippen LogP contribution in [0.2, 0.25) is 0 Å². The minimum absolute atomic E-state index is 0.0863. The van der Waals surface area contributed by atoms with E-state index in [1.165, 1.54) is 11.1 Å². The van der Waals surface area contributed by atoms with Gasteiger partial charge in [0, 0.05) is 44.5 Å². The summed E-state index contributed by atoms with van der Waals surface area (Å²) < 4.78 is 1.84. The van der Waals surface area contributed by atoms with Crippen LogP contribution >= 0.6 is 0 Å². The topological polar surface area (TPSA) is 50.2 Å². The van der Waals surface area contributed by atoms with Gasteiger partial charge in [0.2, 0.25) is 5.91 Å². The lowest BCUT2D eigenvalue weighted by atomic mass is 10.00. The van der Waals surface area contributed by atoms with Crippen molar-refractivity contribution in [3.05, 3.63) is 52.3 Å². The van der Waals surface area contributed by atoms with Crippen LogP contribution in [0.3, 0.4) is 0 Å². The fraction of sp³-hybridized carbons (Fsp3) is 0.500. The highest BCUT2D eigenvalue weighted by molar-refractivity contribution is 5.79. The number of hydrogen-bond donors (Lipinski definition) is 1. The molecule has 0 bridgehead atoms. The normalized spacial score (nSPS) is 14.4. The van der Waals surface area contributed by atoms with E-state index in [0.29, 0.717) is 6.42 Å². The summed E-state index contributed by atoms with van der Waals surface area (Å²) in [6.07, 6.45) is 2.53. The molecule has 2 heterocycles. The molecular weight excluding hydrogens is 312 g/mol. The summed E-state index contributed by atoms with van der Waals surface area (Å²) in [7, 11) is 1.92. The molecule has 1 amide bonds. The molecule has 1 aromatic heterocycles. The lowest BCUT2D eigenvalue weighted by Crippen LogP contribution is -2.34. The first-order valence-electron chi connectivity index (χ1n) is 9.09. The molecule has 0 radical (unpaired) electrons. The Morgan fingerprint density at radius 3 is 2.72 bits per heavy atom. The van der Waals surface area contributed by atoms with Gasteiger partial charge in [-0.05, 0) is 37.8 Å². The minimum Gasteiger partial charge on any atom is -0.356 e. The van der Waals surface area contributed by atoms with Crippen LogP contribution in [0.15, 0.2) is 24.3 Å². The number of fused-ring (bicyclic) bond motifs is 1. The predicted octanol–water partition coefficient (Wildman–Crippen LogP) is 2.14. The van der Waals surface area contributed by atoms with E-state index in [1.54, 1.807) is 0 Å². The van der Waals surface area contributed by atoms with E-state index < -0.39 is 0 Å². The molecule has 0 fully saturated rings. The first-order chi connectivity index (χ1) is 12.0. The van der Waals surface area contributed by atoms with Crippen LogP contribution in [-0.4, -0.2) is 40.2 Å². The van der Waals surface area contributed by atoms with Crippen LogP contribution in [0.1, 0.15) is 34.5 Å². The first-order valence-corrected chi connectivity index (χ1v) is 9.09. The molecule has 0 aliphatic carbocycles. The Bertz CT molecular complexity index is 750. The number of rotatable bonds is 6. The standard InChI is InChI=1S/C20H28N4O/c1-15-19(16(2)23(3)22-15)13-20(25)21-10-6-11-24-12-9-17-7-4-5-8-18(17)14-24/h4-5,7-8H,6,9-14H2,1-3H3,(H,21,25). The number of benzene rings is 1. The molecule has 0 atom stereocenters. The third-order valence-corrected chi connectivity index (χ3v) is 5.18. The summed E-state index contributed by atoms with van der Waals surface area (Å²) in [6, 6.07) is 8.69. The van der Waals surface area contributed by atoms with Gasteiger partial charge in [0.15, 0.2) is 0 Å². The second kappa shape index (κ2) is 7.83. The maximum atomic E-state index is 12.2. The molecule has 1 aliphatic rings. The number of nitrogens with one attached hydrogen (secondary N) is 1. The predicted molar refractivity (Wildman–Crippen MR) is 99.4 cm³/mol. The van der Waals surface area contributed by atoms with Gasteiger partial charge in [0.1, 0.15) is 0 Å². The average Bonchev–Trinajstić information content (AvgIpc) is 2.85. The van der Waals surface area contributed by atoms with Crippen LogP contribution in [0.5, 0.6) is 0 Å². The molecule has 0 spiro atoms. The fourth-order valence-electron chi connectivity index (χ4n) is 3.57. The minimum atomic E-state index is 0.0863. The quantitative estimate of drug-likeness (QED) is 0.820. The number of carbonyl (C=O) groups excluding carboxylic acids is 1. The van der Waals surface area contributed by atoms with Crippen molar-refractivity contribution in [3.63, 3.8) is 0 Å². The molecule has 134 valence electrons. The summed E-state index contributed by atoms with van der Waals surface area (Å²) >= 11 is 0. The first kappa shape index (κ1) is 17.7.